The summed E-state index contributed by atoms with van der Waals surface area (Å²) in [6.07, 6.45) is 0. The van der Waals surface area contributed by atoms with Crippen molar-refractivity contribution in [1.29, 1.82) is 0 Å². The Labute approximate surface area is 236 Å². The van der Waals surface area contributed by atoms with Gasteiger partial charge in [-0.05, 0) is 73.0 Å². The first kappa shape index (κ1) is 29.2. The molecule has 0 spiro atoms. The van der Waals surface area contributed by atoms with Crippen molar-refractivity contribution in [3.05, 3.63) is 121 Å². The van der Waals surface area contributed by atoms with Crippen LogP contribution in [0.4, 0.5) is 22.7 Å². The Morgan fingerprint density at radius 2 is 0.757 bits per heavy atom. The fourth-order valence-electron chi connectivity index (χ4n) is 2.54. The fraction of sp³-hybridized carbons (Fsp3) is 0. The zero-order valence-corrected chi connectivity index (χ0v) is 22.1. The van der Waals surface area contributed by atoms with Crippen LogP contribution in [0, 0.1) is 0 Å². The minimum atomic E-state index is 0. The van der Waals surface area contributed by atoms with Gasteiger partial charge in [-0.3, -0.25) is 21.7 Å². The molecule has 0 amide bonds. The van der Waals surface area contributed by atoms with Gasteiger partial charge in [-0.15, -0.1) is 20.5 Å². The summed E-state index contributed by atoms with van der Waals surface area (Å²) in [7, 11) is 0. The van der Waals surface area contributed by atoms with Gasteiger partial charge in [0.15, 0.2) is 0 Å². The van der Waals surface area contributed by atoms with Gasteiger partial charge in [-0.25, -0.2) is 0 Å². The second-order valence-electron chi connectivity index (χ2n) is 6.91. The van der Waals surface area contributed by atoms with Gasteiger partial charge in [0.2, 0.25) is 10.2 Å². The Kier molecular flexibility index (Phi) is 13.7. The van der Waals surface area contributed by atoms with E-state index in [0.717, 1.165) is 22.7 Å². The van der Waals surface area contributed by atoms with Crippen molar-refractivity contribution in [3.63, 3.8) is 0 Å². The van der Waals surface area contributed by atoms with Crippen molar-refractivity contribution < 1.29 is 16.5 Å². The van der Waals surface area contributed by atoms with E-state index >= 15 is 0 Å². The van der Waals surface area contributed by atoms with Gasteiger partial charge in [-0.1, -0.05) is 72.8 Å². The van der Waals surface area contributed by atoms with Crippen molar-refractivity contribution in [2.75, 3.05) is 10.9 Å². The molecule has 0 bridgehead atoms. The van der Waals surface area contributed by atoms with E-state index in [4.69, 9.17) is 24.4 Å². The van der Waals surface area contributed by atoms with Crippen LogP contribution in [0.25, 0.3) is 0 Å². The summed E-state index contributed by atoms with van der Waals surface area (Å²) in [5, 5.41) is 16.3. The standard InChI is InChI=1S/2C13H12N4S.Ni/c2*18-13(16-14-11-7-3-1-4-8-11)17-15-12-9-5-2-6-10-12;/h2*1-10,14H,(H,16,18);/q;;+2. The minimum absolute atomic E-state index is 0. The molecule has 0 fully saturated rings. The predicted octanol–water partition coefficient (Wildman–Crippen LogP) is 7.34. The number of hydrazine groups is 2. The molecule has 0 aromatic heterocycles. The van der Waals surface area contributed by atoms with Gasteiger partial charge in [0.1, 0.15) is 0 Å². The number of para-hydroxylation sites is 2. The van der Waals surface area contributed by atoms with Crippen LogP contribution < -0.4 is 21.7 Å². The Bertz CT molecular complexity index is 1160. The topological polar surface area (TPSA) is 97.6 Å². The monoisotopic (exact) mass is 570 g/mol. The molecule has 0 heterocycles. The Balaban J connectivity index is 0.000000253. The van der Waals surface area contributed by atoms with Crippen molar-refractivity contribution in [2.24, 2.45) is 20.5 Å². The number of thiocarbonyl (C=S) groups is 2. The Morgan fingerprint density at radius 1 is 0.459 bits per heavy atom. The summed E-state index contributed by atoms with van der Waals surface area (Å²) in [5.74, 6) is 0. The van der Waals surface area contributed by atoms with Gasteiger partial charge in [0, 0.05) is 0 Å². The van der Waals surface area contributed by atoms with Gasteiger partial charge >= 0.3 is 16.5 Å². The molecule has 4 aromatic rings. The third-order valence-electron chi connectivity index (χ3n) is 4.20. The average Bonchev–Trinajstić information content (AvgIpc) is 2.95. The number of hydrogen-bond acceptors (Lipinski definition) is 6. The Morgan fingerprint density at radius 3 is 1.08 bits per heavy atom. The molecule has 0 unspecified atom stereocenters. The normalized spacial score (nSPS) is 9.95. The summed E-state index contributed by atoms with van der Waals surface area (Å²) in [6, 6.07) is 38.1. The third kappa shape index (κ3) is 12.5. The van der Waals surface area contributed by atoms with Gasteiger partial charge in [0.25, 0.3) is 0 Å². The second kappa shape index (κ2) is 17.4. The molecule has 0 saturated heterocycles. The minimum Gasteiger partial charge on any atom is -0.299 e. The average molecular weight is 571 g/mol. The number of benzene rings is 4. The van der Waals surface area contributed by atoms with Crippen LogP contribution in [0.5, 0.6) is 0 Å². The van der Waals surface area contributed by atoms with E-state index in [1.54, 1.807) is 0 Å². The molecule has 4 N–H and O–H groups in total. The fourth-order valence-corrected chi connectivity index (χ4v) is 2.72. The molecule has 37 heavy (non-hydrogen) atoms. The van der Waals surface area contributed by atoms with Crippen molar-refractivity contribution in [1.82, 2.24) is 10.9 Å². The molecule has 0 aliphatic rings. The van der Waals surface area contributed by atoms with Crippen LogP contribution in [0.2, 0.25) is 0 Å². The van der Waals surface area contributed by atoms with E-state index in [1.807, 2.05) is 121 Å². The first-order valence-corrected chi connectivity index (χ1v) is 11.7. The van der Waals surface area contributed by atoms with Crippen molar-refractivity contribution >= 4 is 57.4 Å². The number of azo groups is 2. The molecule has 0 saturated carbocycles. The maximum atomic E-state index is 5.02. The van der Waals surface area contributed by atoms with E-state index in [-0.39, 0.29) is 26.7 Å². The largest absolute Gasteiger partial charge is 2.00 e. The van der Waals surface area contributed by atoms with E-state index in [0.29, 0.717) is 0 Å². The molecule has 11 heteroatoms. The second-order valence-corrected chi connectivity index (χ2v) is 7.69. The van der Waals surface area contributed by atoms with Crippen LogP contribution in [-0.2, 0) is 16.5 Å². The van der Waals surface area contributed by atoms with E-state index in [1.165, 1.54) is 0 Å². The van der Waals surface area contributed by atoms with Gasteiger partial charge in [-0.2, -0.15) is 0 Å². The quantitative estimate of drug-likeness (QED) is 0.0837. The number of hydrogen-bond donors (Lipinski definition) is 4. The molecule has 0 aliphatic heterocycles. The first-order chi connectivity index (χ1) is 17.7. The molecule has 188 valence electrons. The molecule has 8 nitrogen and oxygen atoms in total. The summed E-state index contributed by atoms with van der Waals surface area (Å²) < 4.78 is 0. The van der Waals surface area contributed by atoms with E-state index < -0.39 is 0 Å². The molecule has 0 radical (unpaired) electrons. The molecular weight excluding hydrogens is 547 g/mol. The summed E-state index contributed by atoms with van der Waals surface area (Å²) in [5.41, 5.74) is 14.8. The predicted molar refractivity (Wildman–Crippen MR) is 154 cm³/mol. The van der Waals surface area contributed by atoms with Crippen LogP contribution in [0.3, 0.4) is 0 Å². The third-order valence-corrected chi connectivity index (χ3v) is 4.57. The summed E-state index contributed by atoms with van der Waals surface area (Å²) in [6.45, 7) is 0. The molecule has 0 aliphatic carbocycles. The van der Waals surface area contributed by atoms with Crippen LogP contribution >= 0.6 is 24.4 Å². The van der Waals surface area contributed by atoms with Crippen LogP contribution in [0.1, 0.15) is 0 Å². The number of rotatable bonds is 6. The Hall–Kier alpha value is -4.05. The maximum Gasteiger partial charge on any atom is 2.00 e. The van der Waals surface area contributed by atoms with Crippen LogP contribution in [0.15, 0.2) is 142 Å². The summed E-state index contributed by atoms with van der Waals surface area (Å²) >= 11 is 10.0. The van der Waals surface area contributed by atoms with Crippen molar-refractivity contribution in [3.8, 4) is 0 Å². The first-order valence-electron chi connectivity index (χ1n) is 10.8. The zero-order valence-electron chi connectivity index (χ0n) is 19.5. The van der Waals surface area contributed by atoms with E-state index in [2.05, 4.69) is 42.2 Å². The molecule has 0 atom stereocenters. The van der Waals surface area contributed by atoms with Crippen LogP contribution in [-0.4, -0.2) is 10.2 Å². The summed E-state index contributed by atoms with van der Waals surface area (Å²) in [4.78, 5) is 0. The SMILES string of the molecule is S=C(N=Nc1ccccc1)NNc1ccccc1.S=C(N=Nc1ccccc1)NNc1ccccc1.[Ni+2]. The van der Waals surface area contributed by atoms with E-state index in [9.17, 15) is 0 Å². The van der Waals surface area contributed by atoms with Gasteiger partial charge < -0.3 is 0 Å². The molecule has 4 rings (SSSR count). The van der Waals surface area contributed by atoms with Crippen molar-refractivity contribution in [2.45, 2.75) is 0 Å². The van der Waals surface area contributed by atoms with Gasteiger partial charge in [0.05, 0.1) is 22.7 Å². The number of nitrogens with zero attached hydrogens (tertiary/aromatic N) is 4. The maximum absolute atomic E-state index is 5.02. The molecule has 4 aromatic carbocycles. The smallest absolute Gasteiger partial charge is 0.299 e. The zero-order chi connectivity index (χ0) is 25.3. The number of nitrogens with one attached hydrogen (secondary N) is 4. The number of anilines is 2. The molecular formula is C26H24N8NiS2+2.